The maximum absolute atomic E-state index is 11.7. The van der Waals surface area contributed by atoms with E-state index in [1.54, 1.807) is 11.9 Å². The molecule has 0 rings (SSSR count). The van der Waals surface area contributed by atoms with E-state index in [4.69, 9.17) is 18.0 Å². The molecule has 0 heterocycles. The van der Waals surface area contributed by atoms with Gasteiger partial charge < -0.3 is 10.6 Å². The van der Waals surface area contributed by atoms with Gasteiger partial charge in [-0.05, 0) is 6.42 Å². The van der Waals surface area contributed by atoms with Crippen LogP contribution in [-0.2, 0) is 4.79 Å². The average Bonchev–Trinajstić information content (AvgIpc) is 2.01. The summed E-state index contributed by atoms with van der Waals surface area (Å²) in [7, 11) is 1.72. The van der Waals surface area contributed by atoms with Gasteiger partial charge in [0, 0.05) is 12.5 Å². The standard InChI is InChI=1S/C9H18N2OS/c1-5-9(2,3)8(12)11(4)6-7(10)13/h5-6H2,1-4H3,(H2,10,13). The van der Waals surface area contributed by atoms with Crippen LogP contribution >= 0.6 is 12.2 Å². The molecule has 0 radical (unpaired) electrons. The molecule has 76 valence electrons. The van der Waals surface area contributed by atoms with Gasteiger partial charge in [-0.3, -0.25) is 4.79 Å². The van der Waals surface area contributed by atoms with E-state index < -0.39 is 0 Å². The highest BCUT2D eigenvalue weighted by Crippen LogP contribution is 2.21. The molecule has 0 saturated heterocycles. The highest BCUT2D eigenvalue weighted by atomic mass is 32.1. The summed E-state index contributed by atoms with van der Waals surface area (Å²) < 4.78 is 0. The minimum atomic E-state index is -0.320. The molecule has 0 atom stereocenters. The average molecular weight is 202 g/mol. The third-order valence-corrected chi connectivity index (χ3v) is 2.33. The third-order valence-electron chi connectivity index (χ3n) is 2.20. The van der Waals surface area contributed by atoms with Gasteiger partial charge in [0.1, 0.15) is 0 Å². The van der Waals surface area contributed by atoms with Crippen LogP contribution < -0.4 is 5.73 Å². The summed E-state index contributed by atoms with van der Waals surface area (Å²) >= 11 is 4.73. The molecule has 0 fully saturated rings. The summed E-state index contributed by atoms with van der Waals surface area (Å²) in [6.07, 6.45) is 0.813. The summed E-state index contributed by atoms with van der Waals surface area (Å²) in [6, 6.07) is 0. The number of nitrogens with two attached hydrogens (primary N) is 1. The first-order chi connectivity index (χ1) is 5.81. The summed E-state index contributed by atoms with van der Waals surface area (Å²) in [5, 5.41) is 0. The van der Waals surface area contributed by atoms with Gasteiger partial charge in [0.25, 0.3) is 0 Å². The minimum absolute atomic E-state index is 0.0859. The van der Waals surface area contributed by atoms with E-state index in [1.807, 2.05) is 20.8 Å². The number of thiocarbonyl (C=S) groups is 1. The Labute approximate surface area is 85.3 Å². The molecular formula is C9H18N2OS. The normalized spacial score (nSPS) is 11.1. The minimum Gasteiger partial charge on any atom is -0.392 e. The Morgan fingerprint density at radius 1 is 1.54 bits per heavy atom. The van der Waals surface area contributed by atoms with Gasteiger partial charge in [-0.2, -0.15) is 0 Å². The van der Waals surface area contributed by atoms with Crippen molar-refractivity contribution in [2.75, 3.05) is 13.6 Å². The quantitative estimate of drug-likeness (QED) is 0.696. The Morgan fingerprint density at radius 2 is 2.00 bits per heavy atom. The molecule has 4 heteroatoms. The molecule has 0 saturated carbocycles. The van der Waals surface area contributed by atoms with Crippen molar-refractivity contribution in [2.45, 2.75) is 27.2 Å². The molecule has 0 aromatic carbocycles. The largest absolute Gasteiger partial charge is 0.392 e. The van der Waals surface area contributed by atoms with Crippen LogP contribution in [0, 0.1) is 5.41 Å². The third kappa shape index (κ3) is 3.72. The lowest BCUT2D eigenvalue weighted by molar-refractivity contribution is -0.138. The smallest absolute Gasteiger partial charge is 0.228 e. The van der Waals surface area contributed by atoms with Gasteiger partial charge in [-0.15, -0.1) is 0 Å². The molecule has 0 unspecified atom stereocenters. The fourth-order valence-corrected chi connectivity index (χ4v) is 1.17. The lowest BCUT2D eigenvalue weighted by Crippen LogP contribution is -2.41. The fraction of sp³-hybridized carbons (Fsp3) is 0.778. The van der Waals surface area contributed by atoms with Crippen LogP contribution in [0.4, 0.5) is 0 Å². The molecule has 0 spiro atoms. The summed E-state index contributed by atoms with van der Waals surface area (Å²) in [5.41, 5.74) is 5.03. The predicted molar refractivity (Wildman–Crippen MR) is 58.5 cm³/mol. The molecule has 0 aliphatic carbocycles. The van der Waals surface area contributed by atoms with Crippen LogP contribution in [0.1, 0.15) is 27.2 Å². The van der Waals surface area contributed by atoms with Gasteiger partial charge in [-0.1, -0.05) is 33.0 Å². The van der Waals surface area contributed by atoms with Crippen molar-refractivity contribution in [1.29, 1.82) is 0 Å². The molecular weight excluding hydrogens is 184 g/mol. The second kappa shape index (κ2) is 4.56. The lowest BCUT2D eigenvalue weighted by Gasteiger charge is -2.27. The Balaban J connectivity index is 4.34. The molecule has 13 heavy (non-hydrogen) atoms. The van der Waals surface area contributed by atoms with E-state index in [9.17, 15) is 4.79 Å². The van der Waals surface area contributed by atoms with Gasteiger partial charge in [0.2, 0.25) is 5.91 Å². The van der Waals surface area contributed by atoms with Gasteiger partial charge in [-0.25, -0.2) is 0 Å². The lowest BCUT2D eigenvalue weighted by atomic mass is 9.89. The zero-order valence-corrected chi connectivity index (χ0v) is 9.57. The topological polar surface area (TPSA) is 46.3 Å². The number of carbonyl (C=O) groups excluding carboxylic acids is 1. The molecule has 2 N–H and O–H groups in total. The summed E-state index contributed by atoms with van der Waals surface area (Å²) in [6.45, 7) is 6.20. The molecule has 0 bridgehead atoms. The van der Waals surface area contributed by atoms with E-state index >= 15 is 0 Å². The fourth-order valence-electron chi connectivity index (χ4n) is 0.973. The summed E-state index contributed by atoms with van der Waals surface area (Å²) in [4.78, 5) is 13.7. The molecule has 3 nitrogen and oxygen atoms in total. The molecule has 0 aromatic heterocycles. The predicted octanol–water partition coefficient (Wildman–Crippen LogP) is 1.17. The number of rotatable bonds is 4. The van der Waals surface area contributed by atoms with Crippen molar-refractivity contribution < 1.29 is 4.79 Å². The first kappa shape index (κ1) is 12.4. The molecule has 1 amide bonds. The number of hydrogen-bond donors (Lipinski definition) is 1. The first-order valence-corrected chi connectivity index (χ1v) is 4.76. The van der Waals surface area contributed by atoms with E-state index in [0.717, 1.165) is 6.42 Å². The van der Waals surface area contributed by atoms with Crippen LogP contribution in [0.3, 0.4) is 0 Å². The van der Waals surface area contributed by atoms with Gasteiger partial charge >= 0.3 is 0 Å². The van der Waals surface area contributed by atoms with Gasteiger partial charge in [0.15, 0.2) is 0 Å². The Hall–Kier alpha value is -0.640. The van der Waals surface area contributed by atoms with Crippen molar-refractivity contribution in [1.82, 2.24) is 4.90 Å². The van der Waals surface area contributed by atoms with Crippen molar-refractivity contribution in [3.05, 3.63) is 0 Å². The Kier molecular flexibility index (Phi) is 4.33. The molecule has 0 aliphatic rings. The van der Waals surface area contributed by atoms with Crippen molar-refractivity contribution in [2.24, 2.45) is 11.1 Å². The van der Waals surface area contributed by atoms with Crippen LogP contribution in [0.5, 0.6) is 0 Å². The monoisotopic (exact) mass is 202 g/mol. The van der Waals surface area contributed by atoms with Gasteiger partial charge in [0.05, 0.1) is 11.5 Å². The first-order valence-electron chi connectivity index (χ1n) is 4.35. The Bertz CT molecular complexity index is 214. The molecule has 0 aliphatic heterocycles. The number of nitrogens with zero attached hydrogens (tertiary/aromatic N) is 1. The van der Waals surface area contributed by atoms with Crippen LogP contribution in [0.15, 0.2) is 0 Å². The summed E-state index contributed by atoms with van der Waals surface area (Å²) in [5.74, 6) is 0.0859. The number of likely N-dealkylation sites (N-methyl/N-ethyl adjacent to an activating group) is 1. The van der Waals surface area contributed by atoms with Crippen LogP contribution in [0.25, 0.3) is 0 Å². The van der Waals surface area contributed by atoms with Crippen molar-refractivity contribution in [3.8, 4) is 0 Å². The molecule has 0 aromatic rings. The second-order valence-electron chi connectivity index (χ2n) is 3.86. The highest BCUT2D eigenvalue weighted by molar-refractivity contribution is 7.80. The van der Waals surface area contributed by atoms with E-state index in [2.05, 4.69) is 0 Å². The van der Waals surface area contributed by atoms with Crippen molar-refractivity contribution >= 4 is 23.1 Å². The van der Waals surface area contributed by atoms with Crippen molar-refractivity contribution in [3.63, 3.8) is 0 Å². The number of carbonyl (C=O) groups is 1. The maximum atomic E-state index is 11.7. The zero-order valence-electron chi connectivity index (χ0n) is 8.76. The zero-order chi connectivity index (χ0) is 10.6. The highest BCUT2D eigenvalue weighted by Gasteiger charge is 2.28. The maximum Gasteiger partial charge on any atom is 0.228 e. The second-order valence-corrected chi connectivity index (χ2v) is 4.39. The van der Waals surface area contributed by atoms with E-state index in [1.165, 1.54) is 0 Å². The van der Waals surface area contributed by atoms with E-state index in [-0.39, 0.29) is 11.3 Å². The number of amides is 1. The number of hydrogen-bond acceptors (Lipinski definition) is 2. The van der Waals surface area contributed by atoms with E-state index in [0.29, 0.717) is 11.5 Å². The van der Waals surface area contributed by atoms with Crippen LogP contribution in [0.2, 0.25) is 0 Å². The van der Waals surface area contributed by atoms with Crippen LogP contribution in [-0.4, -0.2) is 29.4 Å². The Morgan fingerprint density at radius 3 is 2.31 bits per heavy atom. The SMILES string of the molecule is CCC(C)(C)C(=O)N(C)CC(N)=S.